The van der Waals surface area contributed by atoms with E-state index in [4.69, 9.17) is 11.5 Å². The van der Waals surface area contributed by atoms with Crippen molar-refractivity contribution >= 4 is 58.3 Å². The summed E-state index contributed by atoms with van der Waals surface area (Å²) in [5, 5.41) is 48.4. The van der Waals surface area contributed by atoms with Crippen LogP contribution in [0, 0.1) is 5.92 Å². The molecule has 1 aromatic heterocycles. The summed E-state index contributed by atoms with van der Waals surface area (Å²) in [4.78, 5) is 106. The molecule has 14 N–H and O–H groups in total. The highest BCUT2D eigenvalue weighted by molar-refractivity contribution is 5.97. The van der Waals surface area contributed by atoms with E-state index in [1.807, 2.05) is 24.3 Å². The molecule has 2 saturated heterocycles. The number of aliphatic hydroxyl groups is 2. The molecule has 368 valence electrons. The molecule has 6 amide bonds. The summed E-state index contributed by atoms with van der Waals surface area (Å²) in [5.41, 5.74) is 13.3. The number of rotatable bonds is 15. The van der Waals surface area contributed by atoms with Gasteiger partial charge < -0.3 is 63.3 Å². The number of carboxylic acid groups (broad SMARTS) is 1. The van der Waals surface area contributed by atoms with E-state index in [0.717, 1.165) is 16.5 Å². The molecule has 7 atom stereocenters. The van der Waals surface area contributed by atoms with Gasteiger partial charge in [0.25, 0.3) is 0 Å². The van der Waals surface area contributed by atoms with Crippen LogP contribution in [0.1, 0.15) is 75.3 Å². The Morgan fingerprint density at radius 1 is 0.824 bits per heavy atom. The van der Waals surface area contributed by atoms with E-state index in [-0.39, 0.29) is 82.9 Å². The highest BCUT2D eigenvalue weighted by atomic mass is 16.4. The number of benzene rings is 2. The standard InChI is InChI=1S/C47H65N11O10/c48-47(49)51-19-6-12-34-41(63)50-18-7-13-35(55-42(64)36(53-25-40(61)62)20-27-8-2-1-3-9-27)46(68)58-26-31(60)23-39(58)45(67)57-37(21-28-14-16-30(59)17-15-28)43(65)56-38(44(66)54-34)22-29-24-52-33-11-5-4-10-32(29)33/h1-5,8-11,24,28,30-31,34-39,52-53,59-60H,6-7,12-23,25-26H2,(H,50,63)(H,54,66)(H,55,64)(H,56,65)(H,57,67)(H,61,62)(H4,48,49,51)/t28?,30?,31-,34+,35+,36?,37-,38+,39+/m1/s1. The normalized spacial score (nSPS) is 26.0. The summed E-state index contributed by atoms with van der Waals surface area (Å²) in [6, 6.07) is 9.04. The van der Waals surface area contributed by atoms with Gasteiger partial charge in [0, 0.05) is 49.6 Å². The van der Waals surface area contributed by atoms with Gasteiger partial charge in [0.05, 0.1) is 24.8 Å². The molecule has 21 heteroatoms. The summed E-state index contributed by atoms with van der Waals surface area (Å²) in [7, 11) is 0. The minimum Gasteiger partial charge on any atom is -0.480 e. The zero-order valence-corrected chi connectivity index (χ0v) is 38.0. The Hall–Kier alpha value is -6.58. The average Bonchev–Trinajstić information content (AvgIpc) is 3.92. The Labute approximate surface area is 394 Å². The number of aliphatic hydroxyl groups excluding tert-OH is 2. The van der Waals surface area contributed by atoms with Crippen molar-refractivity contribution in [1.82, 2.24) is 41.8 Å². The molecule has 3 aromatic rings. The van der Waals surface area contributed by atoms with Gasteiger partial charge in [-0.2, -0.15) is 0 Å². The number of nitrogens with zero attached hydrogens (tertiary/aromatic N) is 2. The number of hydrogen-bond acceptors (Lipinski definition) is 11. The Morgan fingerprint density at radius 3 is 2.25 bits per heavy atom. The quantitative estimate of drug-likeness (QED) is 0.0485. The monoisotopic (exact) mass is 943 g/mol. The fraction of sp³-hybridized carbons (Fsp3) is 0.532. The van der Waals surface area contributed by atoms with Crippen molar-refractivity contribution in [1.29, 1.82) is 0 Å². The first-order valence-electron chi connectivity index (χ1n) is 23.4. The molecule has 6 rings (SSSR count). The molecule has 3 heterocycles. The van der Waals surface area contributed by atoms with Crippen LogP contribution >= 0.6 is 0 Å². The molecule has 3 fully saturated rings. The van der Waals surface area contributed by atoms with E-state index in [9.17, 15) is 48.9 Å². The third kappa shape index (κ3) is 14.5. The van der Waals surface area contributed by atoms with Gasteiger partial charge in [0.2, 0.25) is 35.4 Å². The van der Waals surface area contributed by atoms with Crippen molar-refractivity contribution in [3.05, 3.63) is 71.9 Å². The molecule has 68 heavy (non-hydrogen) atoms. The number of aliphatic carboxylic acids is 1. The summed E-state index contributed by atoms with van der Waals surface area (Å²) in [6.45, 7) is -0.693. The number of H-pyrrole nitrogens is 1. The number of nitrogens with two attached hydrogens (primary N) is 2. The lowest BCUT2D eigenvalue weighted by Gasteiger charge is -2.32. The van der Waals surface area contributed by atoms with E-state index in [2.05, 4.69) is 41.9 Å². The maximum absolute atomic E-state index is 14.7. The zero-order valence-electron chi connectivity index (χ0n) is 38.0. The number of guanidine groups is 1. The van der Waals surface area contributed by atoms with E-state index in [1.54, 1.807) is 36.5 Å². The molecule has 21 nitrogen and oxygen atoms in total. The first-order chi connectivity index (χ1) is 32.6. The van der Waals surface area contributed by atoms with Crippen molar-refractivity contribution in [2.24, 2.45) is 22.4 Å². The predicted molar refractivity (Wildman–Crippen MR) is 250 cm³/mol. The van der Waals surface area contributed by atoms with E-state index < -0.39 is 96.4 Å². The lowest BCUT2D eigenvalue weighted by atomic mass is 9.83. The average molecular weight is 944 g/mol. The molecule has 3 aliphatic rings. The second-order valence-corrected chi connectivity index (χ2v) is 18.0. The molecule has 0 spiro atoms. The molecule has 0 bridgehead atoms. The van der Waals surface area contributed by atoms with E-state index in [1.165, 1.54) is 4.90 Å². The minimum absolute atomic E-state index is 0.00243. The van der Waals surface area contributed by atoms with Gasteiger partial charge in [-0.25, -0.2) is 0 Å². The molecule has 1 aliphatic carbocycles. The third-order valence-corrected chi connectivity index (χ3v) is 12.9. The topological polar surface area (TPSA) is 336 Å². The summed E-state index contributed by atoms with van der Waals surface area (Å²) >= 11 is 0. The molecule has 1 unspecified atom stereocenters. The van der Waals surface area contributed by atoms with Gasteiger partial charge in [-0.05, 0) is 87.3 Å². The minimum atomic E-state index is -1.31. The maximum atomic E-state index is 14.7. The number of para-hydroxylation sites is 1. The second-order valence-electron chi connectivity index (χ2n) is 18.0. The lowest BCUT2D eigenvalue weighted by Crippen LogP contribution is -2.60. The number of aromatic amines is 1. The first-order valence-corrected chi connectivity index (χ1v) is 23.4. The largest absolute Gasteiger partial charge is 0.480 e. The fourth-order valence-corrected chi connectivity index (χ4v) is 9.25. The first kappa shape index (κ1) is 50.8. The highest BCUT2D eigenvalue weighted by Crippen LogP contribution is 2.29. The van der Waals surface area contributed by atoms with Gasteiger partial charge in [0.1, 0.15) is 30.2 Å². The van der Waals surface area contributed by atoms with Gasteiger partial charge in [-0.15, -0.1) is 0 Å². The Kier molecular flexibility index (Phi) is 18.3. The Morgan fingerprint density at radius 2 is 1.51 bits per heavy atom. The highest BCUT2D eigenvalue weighted by Gasteiger charge is 2.43. The molecule has 2 aromatic carbocycles. The number of nitrogens with one attached hydrogen (secondary N) is 7. The van der Waals surface area contributed by atoms with Crippen LogP contribution in [0.3, 0.4) is 0 Å². The molecule has 0 radical (unpaired) electrons. The smallest absolute Gasteiger partial charge is 0.317 e. The number of carbonyl (C=O) groups excluding carboxylic acids is 6. The summed E-state index contributed by atoms with van der Waals surface area (Å²) in [6.07, 6.45) is 2.70. The predicted octanol–water partition coefficient (Wildman–Crippen LogP) is -1.20. The van der Waals surface area contributed by atoms with Crippen LogP contribution < -0.4 is 43.4 Å². The van der Waals surface area contributed by atoms with E-state index in [0.29, 0.717) is 31.2 Å². The van der Waals surface area contributed by atoms with Crippen molar-refractivity contribution in [3.63, 3.8) is 0 Å². The van der Waals surface area contributed by atoms with Gasteiger partial charge in [0.15, 0.2) is 5.96 Å². The lowest BCUT2D eigenvalue weighted by molar-refractivity contribution is -0.143. The number of fused-ring (bicyclic) bond motifs is 2. The number of amides is 6. The molecule has 2 aliphatic heterocycles. The van der Waals surface area contributed by atoms with Crippen LogP contribution in [0.4, 0.5) is 0 Å². The molecular formula is C47H65N11O10. The zero-order chi connectivity index (χ0) is 48.7. The second kappa shape index (κ2) is 24.4. The third-order valence-electron chi connectivity index (χ3n) is 12.9. The van der Waals surface area contributed by atoms with Gasteiger partial charge in [-0.1, -0.05) is 48.5 Å². The van der Waals surface area contributed by atoms with Crippen molar-refractivity contribution in [2.45, 2.75) is 126 Å². The van der Waals surface area contributed by atoms with Crippen LogP contribution in [0.15, 0.2) is 65.8 Å². The number of aliphatic imine (C=N–C) groups is 1. The van der Waals surface area contributed by atoms with Crippen molar-refractivity contribution in [3.8, 4) is 0 Å². The molecular weight excluding hydrogens is 879 g/mol. The van der Waals surface area contributed by atoms with E-state index >= 15 is 0 Å². The Balaban J connectivity index is 1.33. The van der Waals surface area contributed by atoms with Crippen LogP contribution in [-0.2, 0) is 46.4 Å². The van der Waals surface area contributed by atoms with Crippen molar-refractivity contribution in [2.75, 3.05) is 26.2 Å². The van der Waals surface area contributed by atoms with Crippen molar-refractivity contribution < 1.29 is 48.9 Å². The van der Waals surface area contributed by atoms with Crippen LogP contribution in [0.25, 0.3) is 10.9 Å². The number of hydrogen-bond donors (Lipinski definition) is 12. The SMILES string of the molecule is NC(N)=NCCC[C@@H]1NC(=O)[C@H](Cc2c[nH]c3ccccc23)NC(=O)[C@@H](CC2CCC(O)CC2)NC(=O)[C@@H]2C[C@@H](O)CN2C(=O)[C@@H](NC(=O)C(Cc2ccccc2)NCC(=O)O)CCCNC1=O. The summed E-state index contributed by atoms with van der Waals surface area (Å²) < 4.78 is 0. The van der Waals surface area contributed by atoms with Crippen LogP contribution in [0.2, 0.25) is 0 Å². The number of carbonyl (C=O) groups is 7. The number of aromatic nitrogens is 1. The van der Waals surface area contributed by atoms with Gasteiger partial charge in [-0.3, -0.25) is 43.9 Å². The fourth-order valence-electron chi connectivity index (χ4n) is 9.25. The number of carboxylic acids is 1. The molecule has 1 saturated carbocycles. The summed E-state index contributed by atoms with van der Waals surface area (Å²) in [5.74, 6) is -5.51. The van der Waals surface area contributed by atoms with Crippen LogP contribution in [-0.4, -0.2) is 147 Å². The van der Waals surface area contributed by atoms with Gasteiger partial charge >= 0.3 is 5.97 Å². The van der Waals surface area contributed by atoms with Crippen LogP contribution in [0.5, 0.6) is 0 Å². The maximum Gasteiger partial charge on any atom is 0.317 e. The Bertz CT molecular complexity index is 2260.